The molecule has 0 aromatic heterocycles. The molecule has 33 heavy (non-hydrogen) atoms. The molecule has 0 aliphatic rings. The summed E-state index contributed by atoms with van der Waals surface area (Å²) in [5.41, 5.74) is 7.63. The zero-order valence-corrected chi connectivity index (χ0v) is 18.9. The van der Waals surface area contributed by atoms with Crippen LogP contribution in [0.25, 0.3) is 0 Å². The van der Waals surface area contributed by atoms with Crippen LogP contribution in [0.1, 0.15) is 50.5 Å². The lowest BCUT2D eigenvalue weighted by Gasteiger charge is -2.21. The summed E-state index contributed by atoms with van der Waals surface area (Å²) in [5.74, 6) is 0.363. The van der Waals surface area contributed by atoms with Gasteiger partial charge in [-0.3, -0.25) is 14.4 Å². The second-order valence-corrected chi connectivity index (χ2v) is 7.90. The number of nitrogens with two attached hydrogens (primary N) is 1. The Morgan fingerprint density at radius 2 is 1.30 bits per heavy atom. The molecule has 3 amide bonds. The van der Waals surface area contributed by atoms with E-state index >= 15 is 0 Å². The van der Waals surface area contributed by atoms with Crippen LogP contribution in [-0.2, 0) is 6.54 Å². The minimum absolute atomic E-state index is 0.0355. The molecule has 3 N–H and O–H groups in total. The molecule has 170 valence electrons. The van der Waals surface area contributed by atoms with E-state index in [1.54, 1.807) is 72.6 Å². The number of benzene rings is 3. The molecule has 0 radical (unpaired) electrons. The number of ether oxygens (including phenoxy) is 1. The van der Waals surface area contributed by atoms with Gasteiger partial charge in [-0.1, -0.05) is 12.1 Å². The van der Waals surface area contributed by atoms with Crippen molar-refractivity contribution in [2.24, 2.45) is 5.73 Å². The van der Waals surface area contributed by atoms with E-state index in [4.69, 9.17) is 10.5 Å². The minimum atomic E-state index is -0.500. The van der Waals surface area contributed by atoms with E-state index in [2.05, 4.69) is 5.32 Å². The van der Waals surface area contributed by atoms with Crippen LogP contribution >= 0.6 is 0 Å². The fraction of sp³-hybridized carbons (Fsp3) is 0.192. The molecule has 3 aromatic carbocycles. The molecule has 0 fully saturated rings. The SMILES string of the molecule is CC(C)N(C)C(=O)c1ccc(CNC(=O)c2ccc(Oc3ccc(C(N)=O)cc3)cc2)cc1. The first-order valence-corrected chi connectivity index (χ1v) is 10.6. The number of carbonyl (C=O) groups excluding carboxylic acids is 3. The lowest BCUT2D eigenvalue weighted by Crippen LogP contribution is -2.32. The van der Waals surface area contributed by atoms with Gasteiger partial charge in [0.05, 0.1) is 0 Å². The lowest BCUT2D eigenvalue weighted by atomic mass is 10.1. The first kappa shape index (κ1) is 23.5. The third-order valence-corrected chi connectivity index (χ3v) is 5.24. The number of hydrogen-bond acceptors (Lipinski definition) is 4. The second kappa shape index (κ2) is 10.5. The topological polar surface area (TPSA) is 102 Å². The number of rotatable bonds is 8. The van der Waals surface area contributed by atoms with E-state index in [9.17, 15) is 14.4 Å². The van der Waals surface area contributed by atoms with Crippen molar-refractivity contribution in [2.75, 3.05) is 7.05 Å². The Kier molecular flexibility index (Phi) is 7.46. The van der Waals surface area contributed by atoms with E-state index in [1.165, 1.54) is 0 Å². The average molecular weight is 446 g/mol. The van der Waals surface area contributed by atoms with Gasteiger partial charge in [0.25, 0.3) is 11.8 Å². The van der Waals surface area contributed by atoms with E-state index < -0.39 is 5.91 Å². The molecular formula is C26H27N3O4. The highest BCUT2D eigenvalue weighted by molar-refractivity contribution is 5.95. The second-order valence-electron chi connectivity index (χ2n) is 7.90. The predicted molar refractivity (Wildman–Crippen MR) is 126 cm³/mol. The maximum atomic E-state index is 12.5. The Balaban J connectivity index is 1.54. The zero-order chi connectivity index (χ0) is 24.0. The monoisotopic (exact) mass is 445 g/mol. The summed E-state index contributed by atoms with van der Waals surface area (Å²) in [4.78, 5) is 37.6. The van der Waals surface area contributed by atoms with Crippen molar-refractivity contribution in [3.05, 3.63) is 95.1 Å². The third kappa shape index (κ3) is 6.20. The van der Waals surface area contributed by atoms with Crippen LogP contribution in [0.15, 0.2) is 72.8 Å². The highest BCUT2D eigenvalue weighted by Gasteiger charge is 2.14. The maximum Gasteiger partial charge on any atom is 0.253 e. The van der Waals surface area contributed by atoms with Gasteiger partial charge in [-0.2, -0.15) is 0 Å². The molecule has 3 rings (SSSR count). The summed E-state index contributed by atoms with van der Waals surface area (Å²) in [5, 5.41) is 2.87. The predicted octanol–water partition coefficient (Wildman–Crippen LogP) is 3.99. The smallest absolute Gasteiger partial charge is 0.253 e. The van der Waals surface area contributed by atoms with Crippen LogP contribution < -0.4 is 15.8 Å². The Labute approximate surface area is 193 Å². The summed E-state index contributed by atoms with van der Waals surface area (Å²) in [6.07, 6.45) is 0. The van der Waals surface area contributed by atoms with Crippen molar-refractivity contribution in [3.63, 3.8) is 0 Å². The van der Waals surface area contributed by atoms with Crippen molar-refractivity contribution in [1.82, 2.24) is 10.2 Å². The standard InChI is InChI=1S/C26H27N3O4/c1-17(2)29(3)26(32)21-6-4-18(5-7-21)16-28-25(31)20-10-14-23(15-11-20)33-22-12-8-19(9-13-22)24(27)30/h4-15,17H,16H2,1-3H3,(H2,27,30)(H,28,31). The van der Waals surface area contributed by atoms with Crippen molar-refractivity contribution in [2.45, 2.75) is 26.4 Å². The molecular weight excluding hydrogens is 418 g/mol. The van der Waals surface area contributed by atoms with Gasteiger partial charge in [-0.05, 0) is 80.1 Å². The molecule has 0 bridgehead atoms. The van der Waals surface area contributed by atoms with E-state index in [0.29, 0.717) is 34.7 Å². The maximum absolute atomic E-state index is 12.5. The van der Waals surface area contributed by atoms with Gasteiger partial charge in [-0.15, -0.1) is 0 Å². The van der Waals surface area contributed by atoms with Crippen LogP contribution in [0, 0.1) is 0 Å². The number of hydrogen-bond donors (Lipinski definition) is 2. The summed E-state index contributed by atoms with van der Waals surface area (Å²) in [7, 11) is 1.77. The first-order valence-electron chi connectivity index (χ1n) is 10.6. The van der Waals surface area contributed by atoms with Gasteiger partial charge < -0.3 is 20.7 Å². The molecule has 0 spiro atoms. The number of primary amides is 1. The Bertz CT molecular complexity index is 1120. The Hall–Kier alpha value is -4.13. The Morgan fingerprint density at radius 1 is 0.818 bits per heavy atom. The average Bonchev–Trinajstić information content (AvgIpc) is 2.82. The van der Waals surface area contributed by atoms with Crippen molar-refractivity contribution in [3.8, 4) is 11.5 Å². The Morgan fingerprint density at radius 3 is 1.79 bits per heavy atom. The zero-order valence-electron chi connectivity index (χ0n) is 18.9. The molecule has 0 saturated carbocycles. The largest absolute Gasteiger partial charge is 0.457 e. The fourth-order valence-corrected chi connectivity index (χ4v) is 2.99. The number of amides is 3. The molecule has 7 heteroatoms. The molecule has 0 unspecified atom stereocenters. The number of nitrogens with zero attached hydrogens (tertiary/aromatic N) is 1. The van der Waals surface area contributed by atoms with Gasteiger partial charge in [0, 0.05) is 36.3 Å². The summed E-state index contributed by atoms with van der Waals surface area (Å²) < 4.78 is 5.72. The van der Waals surface area contributed by atoms with Crippen LogP contribution in [-0.4, -0.2) is 35.7 Å². The van der Waals surface area contributed by atoms with Gasteiger partial charge in [0.15, 0.2) is 0 Å². The molecule has 0 aliphatic carbocycles. The number of carbonyl (C=O) groups is 3. The van der Waals surface area contributed by atoms with E-state index in [-0.39, 0.29) is 17.9 Å². The minimum Gasteiger partial charge on any atom is -0.457 e. The molecule has 3 aromatic rings. The van der Waals surface area contributed by atoms with Crippen LogP contribution in [0.5, 0.6) is 11.5 Å². The molecule has 0 saturated heterocycles. The quantitative estimate of drug-likeness (QED) is 0.547. The fourth-order valence-electron chi connectivity index (χ4n) is 2.99. The van der Waals surface area contributed by atoms with Crippen LogP contribution in [0.4, 0.5) is 0 Å². The molecule has 0 heterocycles. The highest BCUT2D eigenvalue weighted by atomic mass is 16.5. The van der Waals surface area contributed by atoms with E-state index in [0.717, 1.165) is 5.56 Å². The van der Waals surface area contributed by atoms with Gasteiger partial charge in [0.1, 0.15) is 11.5 Å². The lowest BCUT2D eigenvalue weighted by molar-refractivity contribution is 0.0754. The van der Waals surface area contributed by atoms with Crippen LogP contribution in [0.2, 0.25) is 0 Å². The highest BCUT2D eigenvalue weighted by Crippen LogP contribution is 2.22. The van der Waals surface area contributed by atoms with Gasteiger partial charge >= 0.3 is 0 Å². The normalized spacial score (nSPS) is 10.5. The molecule has 7 nitrogen and oxygen atoms in total. The third-order valence-electron chi connectivity index (χ3n) is 5.24. The molecule has 0 atom stereocenters. The number of nitrogens with one attached hydrogen (secondary N) is 1. The molecule has 0 aliphatic heterocycles. The van der Waals surface area contributed by atoms with Crippen LogP contribution in [0.3, 0.4) is 0 Å². The van der Waals surface area contributed by atoms with Crippen molar-refractivity contribution < 1.29 is 19.1 Å². The first-order chi connectivity index (χ1) is 15.7. The summed E-state index contributed by atoms with van der Waals surface area (Å²) in [6, 6.07) is 20.6. The van der Waals surface area contributed by atoms with Crippen molar-refractivity contribution >= 4 is 17.7 Å². The van der Waals surface area contributed by atoms with E-state index in [1.807, 2.05) is 26.0 Å². The van der Waals surface area contributed by atoms with Crippen molar-refractivity contribution in [1.29, 1.82) is 0 Å². The summed E-state index contributed by atoms with van der Waals surface area (Å²) >= 11 is 0. The van der Waals surface area contributed by atoms with Gasteiger partial charge in [0.2, 0.25) is 5.91 Å². The summed E-state index contributed by atoms with van der Waals surface area (Å²) in [6.45, 7) is 4.27. The van der Waals surface area contributed by atoms with Gasteiger partial charge in [-0.25, -0.2) is 0 Å².